The van der Waals surface area contributed by atoms with Gasteiger partial charge in [0, 0.05) is 6.04 Å². The lowest BCUT2D eigenvalue weighted by Gasteiger charge is -2.40. The van der Waals surface area contributed by atoms with E-state index in [2.05, 4.69) is 11.4 Å². The highest BCUT2D eigenvalue weighted by atomic mass is 19.4. The standard InChI is InChI=1S/C14H21F3N2/c15-14(16,17)11-5-4-8-13(9-11,10-18)19-12-6-2-1-3-7-12/h11-12,19H,1-9H2. The fourth-order valence-corrected chi connectivity index (χ4v) is 3.46. The summed E-state index contributed by atoms with van der Waals surface area (Å²) in [6, 6.07) is 2.38. The van der Waals surface area contributed by atoms with Gasteiger partial charge in [0.15, 0.2) is 0 Å². The van der Waals surface area contributed by atoms with Gasteiger partial charge in [0.2, 0.25) is 0 Å². The van der Waals surface area contributed by atoms with Crippen molar-refractivity contribution in [3.8, 4) is 6.07 Å². The zero-order valence-corrected chi connectivity index (χ0v) is 11.1. The Morgan fingerprint density at radius 1 is 1.05 bits per heavy atom. The first-order valence-corrected chi connectivity index (χ1v) is 7.21. The van der Waals surface area contributed by atoms with Crippen molar-refractivity contribution >= 4 is 0 Å². The second-order valence-electron chi connectivity index (χ2n) is 6.01. The summed E-state index contributed by atoms with van der Waals surface area (Å²) in [6.45, 7) is 0. The maximum Gasteiger partial charge on any atom is 0.391 e. The number of halogens is 3. The number of nitriles is 1. The van der Waals surface area contributed by atoms with E-state index in [0.29, 0.717) is 12.8 Å². The second-order valence-corrected chi connectivity index (χ2v) is 6.01. The molecule has 19 heavy (non-hydrogen) atoms. The van der Waals surface area contributed by atoms with Crippen molar-refractivity contribution in [3.05, 3.63) is 0 Å². The van der Waals surface area contributed by atoms with Crippen LogP contribution in [0.1, 0.15) is 57.8 Å². The molecule has 0 radical (unpaired) electrons. The van der Waals surface area contributed by atoms with Crippen LogP contribution in [-0.2, 0) is 0 Å². The van der Waals surface area contributed by atoms with Gasteiger partial charge in [-0.15, -0.1) is 0 Å². The van der Waals surface area contributed by atoms with Crippen LogP contribution in [0.3, 0.4) is 0 Å². The maximum absolute atomic E-state index is 12.9. The van der Waals surface area contributed by atoms with Crippen LogP contribution >= 0.6 is 0 Å². The number of nitrogens with one attached hydrogen (secondary N) is 1. The Kier molecular flexibility index (Phi) is 4.39. The van der Waals surface area contributed by atoms with E-state index in [-0.39, 0.29) is 18.9 Å². The SMILES string of the molecule is N#CC1(NC2CCCCC2)CCCC(C(F)(F)F)C1. The number of hydrogen-bond donors (Lipinski definition) is 1. The smallest absolute Gasteiger partial charge is 0.297 e. The van der Waals surface area contributed by atoms with Crippen LogP contribution in [0.25, 0.3) is 0 Å². The highest BCUT2D eigenvalue weighted by molar-refractivity contribution is 5.11. The van der Waals surface area contributed by atoms with Crippen molar-refractivity contribution in [2.45, 2.75) is 75.5 Å². The molecule has 108 valence electrons. The first-order chi connectivity index (χ1) is 8.95. The Morgan fingerprint density at radius 2 is 1.74 bits per heavy atom. The summed E-state index contributed by atoms with van der Waals surface area (Å²) in [7, 11) is 0. The fourth-order valence-electron chi connectivity index (χ4n) is 3.46. The first-order valence-electron chi connectivity index (χ1n) is 7.21. The zero-order valence-electron chi connectivity index (χ0n) is 11.1. The average Bonchev–Trinajstić information content (AvgIpc) is 2.39. The predicted octanol–water partition coefficient (Wildman–Crippen LogP) is 3.92. The first kappa shape index (κ1) is 14.6. The van der Waals surface area contributed by atoms with E-state index < -0.39 is 17.6 Å². The second kappa shape index (κ2) is 5.70. The van der Waals surface area contributed by atoms with Crippen molar-refractivity contribution in [3.63, 3.8) is 0 Å². The van der Waals surface area contributed by atoms with Gasteiger partial charge in [0.05, 0.1) is 12.0 Å². The Balaban J connectivity index is 2.02. The van der Waals surface area contributed by atoms with Crippen molar-refractivity contribution in [1.29, 1.82) is 5.26 Å². The van der Waals surface area contributed by atoms with Gasteiger partial charge >= 0.3 is 6.18 Å². The Morgan fingerprint density at radius 3 is 2.32 bits per heavy atom. The van der Waals surface area contributed by atoms with Crippen molar-refractivity contribution in [2.75, 3.05) is 0 Å². The van der Waals surface area contributed by atoms with Crippen LogP contribution in [0.2, 0.25) is 0 Å². The average molecular weight is 274 g/mol. The molecule has 2 aliphatic rings. The van der Waals surface area contributed by atoms with Crippen LogP contribution in [0, 0.1) is 17.2 Å². The van der Waals surface area contributed by atoms with Gasteiger partial charge < -0.3 is 0 Å². The topological polar surface area (TPSA) is 35.8 Å². The van der Waals surface area contributed by atoms with E-state index in [9.17, 15) is 18.4 Å². The summed E-state index contributed by atoms with van der Waals surface area (Å²) >= 11 is 0. The lowest BCUT2D eigenvalue weighted by atomic mass is 9.75. The van der Waals surface area contributed by atoms with Crippen molar-refractivity contribution in [1.82, 2.24) is 5.32 Å². The molecule has 0 bridgehead atoms. The molecule has 5 heteroatoms. The van der Waals surface area contributed by atoms with Gasteiger partial charge in [-0.2, -0.15) is 18.4 Å². The van der Waals surface area contributed by atoms with Crippen molar-refractivity contribution < 1.29 is 13.2 Å². The minimum absolute atomic E-state index is 0.0799. The molecule has 2 atom stereocenters. The van der Waals surface area contributed by atoms with Gasteiger partial charge in [-0.05, 0) is 38.5 Å². The Bertz CT molecular complexity index is 342. The molecule has 0 saturated heterocycles. The molecule has 1 N–H and O–H groups in total. The Hall–Kier alpha value is -0.760. The molecule has 2 saturated carbocycles. The molecule has 2 aliphatic carbocycles. The summed E-state index contributed by atoms with van der Waals surface area (Å²) in [5.41, 5.74) is -0.958. The lowest BCUT2D eigenvalue weighted by Crippen LogP contribution is -2.54. The van der Waals surface area contributed by atoms with E-state index in [1.165, 1.54) is 6.42 Å². The third-order valence-corrected chi connectivity index (χ3v) is 4.51. The van der Waals surface area contributed by atoms with Crippen LogP contribution < -0.4 is 5.32 Å². The summed E-state index contributed by atoms with van der Waals surface area (Å²) < 4.78 is 38.6. The summed E-state index contributed by atoms with van der Waals surface area (Å²) in [4.78, 5) is 0. The number of alkyl halides is 3. The zero-order chi connectivity index (χ0) is 13.9. The molecule has 0 amide bonds. The van der Waals surface area contributed by atoms with E-state index in [1.54, 1.807) is 0 Å². The number of hydrogen-bond acceptors (Lipinski definition) is 2. The quantitative estimate of drug-likeness (QED) is 0.828. The summed E-state index contributed by atoms with van der Waals surface area (Å²) in [5.74, 6) is -1.32. The van der Waals surface area contributed by atoms with Crippen LogP contribution in [0.15, 0.2) is 0 Å². The molecule has 2 rings (SSSR count). The normalized spacial score (nSPS) is 33.9. The molecule has 2 unspecified atom stereocenters. The summed E-state index contributed by atoms with van der Waals surface area (Å²) in [5, 5.41) is 12.6. The minimum Gasteiger partial charge on any atom is -0.297 e. The van der Waals surface area contributed by atoms with E-state index in [0.717, 1.165) is 25.7 Å². The molecule has 0 heterocycles. The molecule has 0 spiro atoms. The molecule has 2 fully saturated rings. The highest BCUT2D eigenvalue weighted by Crippen LogP contribution is 2.42. The molecular weight excluding hydrogens is 253 g/mol. The van der Waals surface area contributed by atoms with Crippen LogP contribution in [0.5, 0.6) is 0 Å². The largest absolute Gasteiger partial charge is 0.391 e. The van der Waals surface area contributed by atoms with Crippen LogP contribution in [-0.4, -0.2) is 17.8 Å². The third kappa shape index (κ3) is 3.62. The minimum atomic E-state index is -4.17. The molecular formula is C14H21F3N2. The fraction of sp³-hybridized carbons (Fsp3) is 0.929. The van der Waals surface area contributed by atoms with Gasteiger partial charge in [-0.1, -0.05) is 19.3 Å². The predicted molar refractivity (Wildman–Crippen MR) is 66.4 cm³/mol. The maximum atomic E-state index is 12.9. The highest BCUT2D eigenvalue weighted by Gasteiger charge is 2.48. The molecule has 2 nitrogen and oxygen atoms in total. The van der Waals surface area contributed by atoms with E-state index >= 15 is 0 Å². The van der Waals surface area contributed by atoms with Gasteiger partial charge in [0.1, 0.15) is 5.54 Å². The third-order valence-electron chi connectivity index (χ3n) is 4.51. The van der Waals surface area contributed by atoms with Gasteiger partial charge in [-0.3, -0.25) is 5.32 Å². The Labute approximate surface area is 112 Å². The molecule has 0 aliphatic heterocycles. The molecule has 0 aromatic heterocycles. The molecule has 0 aromatic rings. The molecule has 0 aromatic carbocycles. The van der Waals surface area contributed by atoms with Crippen molar-refractivity contribution in [2.24, 2.45) is 5.92 Å². The number of rotatable bonds is 2. The van der Waals surface area contributed by atoms with E-state index in [1.807, 2.05) is 0 Å². The van der Waals surface area contributed by atoms with E-state index in [4.69, 9.17) is 0 Å². The van der Waals surface area contributed by atoms with Gasteiger partial charge in [-0.25, -0.2) is 0 Å². The van der Waals surface area contributed by atoms with Crippen LogP contribution in [0.4, 0.5) is 13.2 Å². The summed E-state index contributed by atoms with van der Waals surface area (Å²) in [6.07, 6.45) is 2.34. The number of nitrogens with zero attached hydrogens (tertiary/aromatic N) is 1. The lowest BCUT2D eigenvalue weighted by molar-refractivity contribution is -0.186. The van der Waals surface area contributed by atoms with Gasteiger partial charge in [0.25, 0.3) is 0 Å². The monoisotopic (exact) mass is 274 g/mol.